The molecule has 120 valence electrons. The summed E-state index contributed by atoms with van der Waals surface area (Å²) >= 11 is 0. The largest absolute Gasteiger partial charge is 0.384 e. The van der Waals surface area contributed by atoms with Crippen LogP contribution in [0.3, 0.4) is 0 Å². The molecule has 4 rings (SSSR count). The molecule has 1 N–H and O–H groups in total. The molecule has 1 aliphatic carbocycles. The zero-order chi connectivity index (χ0) is 15.9. The van der Waals surface area contributed by atoms with Crippen molar-refractivity contribution in [3.05, 3.63) is 48.0 Å². The van der Waals surface area contributed by atoms with Crippen molar-refractivity contribution >= 4 is 11.4 Å². The topological polar surface area (TPSA) is 15.3 Å². The van der Waals surface area contributed by atoms with Gasteiger partial charge in [0.1, 0.15) is 0 Å². The average Bonchev–Trinajstić information content (AvgIpc) is 2.93. The third kappa shape index (κ3) is 2.50. The second-order valence-corrected chi connectivity index (χ2v) is 7.40. The first-order chi connectivity index (χ1) is 11.2. The highest BCUT2D eigenvalue weighted by Gasteiger charge is 2.39. The molecule has 0 atom stereocenters. The summed E-state index contributed by atoms with van der Waals surface area (Å²) in [6, 6.07) is 15.9. The Morgan fingerprint density at radius 2 is 1.57 bits per heavy atom. The summed E-state index contributed by atoms with van der Waals surface area (Å²) in [5.41, 5.74) is 7.24. The molecule has 2 heteroatoms. The van der Waals surface area contributed by atoms with E-state index in [-0.39, 0.29) is 0 Å². The number of fused-ring (bicyclic) bond motifs is 2. The first-order valence-corrected chi connectivity index (χ1v) is 8.84. The lowest BCUT2D eigenvalue weighted by molar-refractivity contribution is 0.319. The van der Waals surface area contributed by atoms with Crippen molar-refractivity contribution in [2.75, 3.05) is 30.9 Å². The van der Waals surface area contributed by atoms with Crippen LogP contribution in [0.5, 0.6) is 0 Å². The summed E-state index contributed by atoms with van der Waals surface area (Å²) < 4.78 is 0. The lowest BCUT2D eigenvalue weighted by atomic mass is 9.70. The van der Waals surface area contributed by atoms with E-state index in [1.54, 1.807) is 5.56 Å². The van der Waals surface area contributed by atoms with Gasteiger partial charge in [-0.3, -0.25) is 0 Å². The summed E-state index contributed by atoms with van der Waals surface area (Å²) in [6.07, 6.45) is 6.85. The number of benzene rings is 2. The van der Waals surface area contributed by atoms with Crippen molar-refractivity contribution in [1.82, 2.24) is 0 Å². The van der Waals surface area contributed by atoms with Crippen LogP contribution < -0.4 is 10.2 Å². The van der Waals surface area contributed by atoms with Crippen LogP contribution in [-0.4, -0.2) is 20.6 Å². The summed E-state index contributed by atoms with van der Waals surface area (Å²) in [5.74, 6) is 0. The molecule has 1 aliphatic heterocycles. The maximum absolute atomic E-state index is 3.66. The van der Waals surface area contributed by atoms with Gasteiger partial charge in [-0.2, -0.15) is 0 Å². The Morgan fingerprint density at radius 3 is 2.26 bits per heavy atom. The fourth-order valence-electron chi connectivity index (χ4n) is 4.30. The second-order valence-electron chi connectivity index (χ2n) is 7.40. The third-order valence-corrected chi connectivity index (χ3v) is 5.74. The lowest BCUT2D eigenvalue weighted by Crippen LogP contribution is -2.30. The minimum Gasteiger partial charge on any atom is -0.384 e. The van der Waals surface area contributed by atoms with E-state index in [0.717, 1.165) is 6.54 Å². The molecule has 0 radical (unpaired) electrons. The van der Waals surface area contributed by atoms with Crippen LogP contribution in [-0.2, 0) is 5.41 Å². The summed E-state index contributed by atoms with van der Waals surface area (Å²) in [6.45, 7) is 1.13. The molecule has 0 saturated heterocycles. The van der Waals surface area contributed by atoms with Gasteiger partial charge >= 0.3 is 0 Å². The zero-order valence-electron chi connectivity index (χ0n) is 14.2. The van der Waals surface area contributed by atoms with Gasteiger partial charge in [-0.25, -0.2) is 0 Å². The minimum absolute atomic E-state index is 0.396. The van der Waals surface area contributed by atoms with Gasteiger partial charge in [-0.15, -0.1) is 0 Å². The molecule has 2 nitrogen and oxygen atoms in total. The maximum Gasteiger partial charge on any atom is 0.0379 e. The molecule has 0 unspecified atom stereocenters. The minimum atomic E-state index is 0.396. The van der Waals surface area contributed by atoms with E-state index in [1.165, 1.54) is 54.6 Å². The quantitative estimate of drug-likeness (QED) is 0.835. The van der Waals surface area contributed by atoms with E-state index in [1.807, 2.05) is 0 Å². The van der Waals surface area contributed by atoms with Gasteiger partial charge in [-0.05, 0) is 53.8 Å². The van der Waals surface area contributed by atoms with Gasteiger partial charge < -0.3 is 10.2 Å². The van der Waals surface area contributed by atoms with E-state index < -0.39 is 0 Å². The van der Waals surface area contributed by atoms with Gasteiger partial charge in [0, 0.05) is 37.4 Å². The highest BCUT2D eigenvalue weighted by Crippen LogP contribution is 2.47. The molecule has 23 heavy (non-hydrogen) atoms. The summed E-state index contributed by atoms with van der Waals surface area (Å²) in [7, 11) is 4.17. The predicted molar refractivity (Wildman–Crippen MR) is 99.5 cm³/mol. The summed E-state index contributed by atoms with van der Waals surface area (Å²) in [5, 5.41) is 3.66. The van der Waals surface area contributed by atoms with Gasteiger partial charge in [0.2, 0.25) is 0 Å². The number of nitrogens with zero attached hydrogens (tertiary/aromatic N) is 1. The van der Waals surface area contributed by atoms with Crippen molar-refractivity contribution in [2.45, 2.75) is 37.5 Å². The number of nitrogens with one attached hydrogen (secondary N) is 1. The van der Waals surface area contributed by atoms with Gasteiger partial charge in [0.25, 0.3) is 0 Å². The highest BCUT2D eigenvalue weighted by atomic mass is 15.1. The first kappa shape index (κ1) is 14.6. The van der Waals surface area contributed by atoms with Crippen molar-refractivity contribution in [3.63, 3.8) is 0 Å². The normalized spacial score (nSPS) is 18.5. The Morgan fingerprint density at radius 1 is 0.870 bits per heavy atom. The molecule has 1 fully saturated rings. The zero-order valence-corrected chi connectivity index (χ0v) is 14.2. The Hall–Kier alpha value is -1.96. The second kappa shape index (κ2) is 5.59. The van der Waals surface area contributed by atoms with Crippen molar-refractivity contribution in [3.8, 4) is 11.1 Å². The molecule has 1 spiro atoms. The Kier molecular flexibility index (Phi) is 3.56. The van der Waals surface area contributed by atoms with E-state index in [0.29, 0.717) is 5.41 Å². The third-order valence-electron chi connectivity index (χ3n) is 5.74. The molecule has 1 saturated carbocycles. The van der Waals surface area contributed by atoms with Crippen molar-refractivity contribution in [2.24, 2.45) is 0 Å². The van der Waals surface area contributed by atoms with Crippen LogP contribution in [0.15, 0.2) is 42.5 Å². The molecular weight excluding hydrogens is 280 g/mol. The molecule has 1 heterocycles. The Balaban J connectivity index is 1.70. The van der Waals surface area contributed by atoms with E-state index >= 15 is 0 Å². The Labute approximate surface area is 139 Å². The number of hydrogen-bond acceptors (Lipinski definition) is 2. The fourth-order valence-corrected chi connectivity index (χ4v) is 4.30. The molecule has 0 bridgehead atoms. The van der Waals surface area contributed by atoms with Crippen LogP contribution in [0.1, 0.15) is 37.7 Å². The van der Waals surface area contributed by atoms with E-state index in [2.05, 4.69) is 66.8 Å². The predicted octanol–water partition coefficient (Wildman–Crippen LogP) is 5.05. The van der Waals surface area contributed by atoms with E-state index in [4.69, 9.17) is 0 Å². The van der Waals surface area contributed by atoms with Gasteiger partial charge in [0.15, 0.2) is 0 Å². The van der Waals surface area contributed by atoms with Crippen LogP contribution in [0.2, 0.25) is 0 Å². The van der Waals surface area contributed by atoms with Crippen LogP contribution in [0, 0.1) is 0 Å². The maximum atomic E-state index is 3.66. The van der Waals surface area contributed by atoms with Crippen LogP contribution >= 0.6 is 0 Å². The molecule has 2 aliphatic rings. The molecule has 0 aromatic heterocycles. The average molecular weight is 306 g/mol. The monoisotopic (exact) mass is 306 g/mol. The van der Waals surface area contributed by atoms with Gasteiger partial charge in [0.05, 0.1) is 0 Å². The van der Waals surface area contributed by atoms with Crippen molar-refractivity contribution < 1.29 is 0 Å². The number of rotatable bonds is 2. The van der Waals surface area contributed by atoms with Gasteiger partial charge in [-0.1, -0.05) is 37.5 Å². The summed E-state index contributed by atoms with van der Waals surface area (Å²) in [4.78, 5) is 2.15. The number of hydrogen-bond donors (Lipinski definition) is 1. The molecule has 2 aromatic rings. The lowest BCUT2D eigenvalue weighted by Gasteiger charge is -2.33. The highest BCUT2D eigenvalue weighted by molar-refractivity contribution is 5.73. The smallest absolute Gasteiger partial charge is 0.0379 e. The Bertz CT molecular complexity index is 689. The number of anilines is 2. The first-order valence-electron chi connectivity index (χ1n) is 8.84. The molecule has 2 aromatic carbocycles. The standard InChI is InChI=1S/C21H26N2/c1-23(2)18-9-6-16(7-10-18)17-8-11-20-19(14-17)21(15-22-20)12-4-3-5-13-21/h6-11,14,22H,3-5,12-13,15H2,1-2H3. The van der Waals surface area contributed by atoms with Crippen LogP contribution in [0.4, 0.5) is 11.4 Å². The van der Waals surface area contributed by atoms with Crippen molar-refractivity contribution in [1.29, 1.82) is 0 Å². The van der Waals surface area contributed by atoms with Crippen LogP contribution in [0.25, 0.3) is 11.1 Å². The van der Waals surface area contributed by atoms with E-state index in [9.17, 15) is 0 Å². The molecular formula is C21H26N2. The SMILES string of the molecule is CN(C)c1ccc(-c2ccc3c(c2)C2(CCCCC2)CN3)cc1. The fraction of sp³-hybridized carbons (Fsp3) is 0.429. The molecule has 0 amide bonds.